The van der Waals surface area contributed by atoms with Gasteiger partial charge >= 0.3 is 0 Å². The lowest BCUT2D eigenvalue weighted by Gasteiger charge is -2.29. The van der Waals surface area contributed by atoms with Gasteiger partial charge in [0.1, 0.15) is 11.5 Å². The van der Waals surface area contributed by atoms with Gasteiger partial charge in [0, 0.05) is 6.04 Å². The van der Waals surface area contributed by atoms with Crippen LogP contribution < -0.4 is 14.8 Å². The van der Waals surface area contributed by atoms with Crippen LogP contribution in [0.25, 0.3) is 0 Å². The third kappa shape index (κ3) is 2.92. The van der Waals surface area contributed by atoms with Crippen LogP contribution in [0.15, 0.2) is 35.7 Å². The van der Waals surface area contributed by atoms with Crippen molar-refractivity contribution in [2.45, 2.75) is 24.8 Å². The number of fused-ring (bicyclic) bond motifs is 1. The van der Waals surface area contributed by atoms with Crippen LogP contribution in [0.2, 0.25) is 0 Å². The first-order valence-corrected chi connectivity index (χ1v) is 8.21. The number of ether oxygens (including phenoxy) is 2. The lowest BCUT2D eigenvalue weighted by Crippen LogP contribution is -2.22. The number of hydrogen-bond acceptors (Lipinski definition) is 4. The van der Waals surface area contributed by atoms with E-state index in [1.165, 1.54) is 10.4 Å². The van der Waals surface area contributed by atoms with E-state index in [4.69, 9.17) is 9.47 Å². The summed E-state index contributed by atoms with van der Waals surface area (Å²) in [7, 11) is 3.76. The SMILES string of the molecule is CNC(CC1CCOc2ccccc21)c1sccc1OC. The summed E-state index contributed by atoms with van der Waals surface area (Å²) in [6.07, 6.45) is 2.14. The van der Waals surface area contributed by atoms with E-state index < -0.39 is 0 Å². The summed E-state index contributed by atoms with van der Waals surface area (Å²) in [6, 6.07) is 10.8. The van der Waals surface area contributed by atoms with Gasteiger partial charge in [0.25, 0.3) is 0 Å². The number of thiophene rings is 1. The summed E-state index contributed by atoms with van der Waals surface area (Å²) >= 11 is 1.76. The Hall–Kier alpha value is -1.52. The molecular formula is C17H21NO2S. The Kier molecular flexibility index (Phi) is 4.46. The predicted molar refractivity (Wildman–Crippen MR) is 86.6 cm³/mol. The lowest BCUT2D eigenvalue weighted by atomic mass is 9.87. The second-order valence-electron chi connectivity index (χ2n) is 5.30. The van der Waals surface area contributed by atoms with Crippen molar-refractivity contribution in [1.29, 1.82) is 0 Å². The molecule has 3 nitrogen and oxygen atoms in total. The normalized spacial score (nSPS) is 18.7. The van der Waals surface area contributed by atoms with Gasteiger partial charge in [-0.25, -0.2) is 0 Å². The third-order valence-electron chi connectivity index (χ3n) is 4.15. The van der Waals surface area contributed by atoms with Gasteiger partial charge in [-0.2, -0.15) is 0 Å². The molecule has 0 radical (unpaired) electrons. The van der Waals surface area contributed by atoms with Crippen molar-refractivity contribution in [2.24, 2.45) is 0 Å². The van der Waals surface area contributed by atoms with Gasteiger partial charge in [-0.05, 0) is 48.9 Å². The maximum Gasteiger partial charge on any atom is 0.134 e. The Morgan fingerprint density at radius 3 is 3.05 bits per heavy atom. The number of rotatable bonds is 5. The first-order chi connectivity index (χ1) is 10.3. The fourth-order valence-electron chi connectivity index (χ4n) is 3.03. The molecule has 1 N–H and O–H groups in total. The molecule has 3 rings (SSSR count). The van der Waals surface area contributed by atoms with Crippen LogP contribution in [0, 0.1) is 0 Å². The molecule has 1 aliphatic heterocycles. The summed E-state index contributed by atoms with van der Waals surface area (Å²) in [5.74, 6) is 2.56. The van der Waals surface area contributed by atoms with E-state index >= 15 is 0 Å². The fraction of sp³-hybridized carbons (Fsp3) is 0.412. The molecule has 1 aromatic carbocycles. The Morgan fingerprint density at radius 1 is 1.38 bits per heavy atom. The van der Waals surface area contributed by atoms with E-state index in [2.05, 4.69) is 28.9 Å². The van der Waals surface area contributed by atoms with E-state index in [9.17, 15) is 0 Å². The van der Waals surface area contributed by atoms with Gasteiger partial charge in [0.2, 0.25) is 0 Å². The highest BCUT2D eigenvalue weighted by Crippen LogP contribution is 2.41. The maximum atomic E-state index is 5.76. The number of para-hydroxylation sites is 1. The molecule has 0 saturated heterocycles. The summed E-state index contributed by atoms with van der Waals surface area (Å²) in [5.41, 5.74) is 1.33. The average molecular weight is 303 g/mol. The number of hydrogen-bond donors (Lipinski definition) is 1. The molecule has 0 amide bonds. The second-order valence-corrected chi connectivity index (χ2v) is 6.25. The van der Waals surface area contributed by atoms with Crippen molar-refractivity contribution < 1.29 is 9.47 Å². The van der Waals surface area contributed by atoms with Gasteiger partial charge in [-0.3, -0.25) is 0 Å². The molecule has 2 heterocycles. The largest absolute Gasteiger partial charge is 0.496 e. The Bertz CT molecular complexity index is 596. The Morgan fingerprint density at radius 2 is 2.24 bits per heavy atom. The van der Waals surface area contributed by atoms with E-state index in [0.29, 0.717) is 12.0 Å². The standard InChI is InChI=1S/C17H21NO2S/c1-18-14(17-16(19-2)8-10-21-17)11-12-7-9-20-15-6-4-3-5-13(12)15/h3-6,8,10,12,14,18H,7,9,11H2,1-2H3. The maximum absolute atomic E-state index is 5.76. The van der Waals surface area contributed by atoms with Crippen molar-refractivity contribution in [1.82, 2.24) is 5.32 Å². The Labute approximate surface area is 129 Å². The summed E-state index contributed by atoms with van der Waals surface area (Å²) < 4.78 is 11.2. The van der Waals surface area contributed by atoms with Gasteiger partial charge in [-0.15, -0.1) is 11.3 Å². The topological polar surface area (TPSA) is 30.5 Å². The van der Waals surface area contributed by atoms with Gasteiger partial charge < -0.3 is 14.8 Å². The Balaban J connectivity index is 1.82. The highest BCUT2D eigenvalue weighted by molar-refractivity contribution is 7.10. The zero-order valence-electron chi connectivity index (χ0n) is 12.5. The van der Waals surface area contributed by atoms with Crippen LogP contribution in [0.4, 0.5) is 0 Å². The van der Waals surface area contributed by atoms with Crippen LogP contribution in [-0.2, 0) is 0 Å². The third-order valence-corrected chi connectivity index (χ3v) is 5.16. The minimum Gasteiger partial charge on any atom is -0.496 e. The molecule has 0 spiro atoms. The molecule has 21 heavy (non-hydrogen) atoms. The first kappa shape index (κ1) is 14.4. The molecule has 2 unspecified atom stereocenters. The minimum atomic E-state index is 0.316. The van der Waals surface area contributed by atoms with E-state index in [-0.39, 0.29) is 0 Å². The molecule has 0 saturated carbocycles. The summed E-state index contributed by atoms with van der Waals surface area (Å²) in [4.78, 5) is 1.28. The van der Waals surface area contributed by atoms with E-state index in [1.54, 1.807) is 18.4 Å². The smallest absolute Gasteiger partial charge is 0.134 e. The van der Waals surface area contributed by atoms with Gasteiger partial charge in [-0.1, -0.05) is 18.2 Å². The zero-order chi connectivity index (χ0) is 14.7. The lowest BCUT2D eigenvalue weighted by molar-refractivity contribution is 0.256. The molecule has 2 atom stereocenters. The second kappa shape index (κ2) is 6.50. The van der Waals surface area contributed by atoms with Crippen LogP contribution in [0.1, 0.15) is 35.2 Å². The highest BCUT2D eigenvalue weighted by atomic mass is 32.1. The molecule has 1 aliphatic rings. The molecule has 4 heteroatoms. The zero-order valence-corrected chi connectivity index (χ0v) is 13.3. The molecule has 2 aromatic rings. The fourth-order valence-corrected chi connectivity index (χ4v) is 4.02. The molecular weight excluding hydrogens is 282 g/mol. The number of benzene rings is 1. The molecule has 0 bridgehead atoms. The molecule has 112 valence electrons. The first-order valence-electron chi connectivity index (χ1n) is 7.34. The van der Waals surface area contributed by atoms with Crippen molar-refractivity contribution in [3.05, 3.63) is 46.2 Å². The van der Waals surface area contributed by atoms with Crippen LogP contribution in [0.5, 0.6) is 11.5 Å². The van der Waals surface area contributed by atoms with Crippen molar-refractivity contribution >= 4 is 11.3 Å². The number of nitrogens with one attached hydrogen (secondary N) is 1. The molecule has 0 aliphatic carbocycles. The summed E-state index contributed by atoms with van der Waals surface area (Å²) in [6.45, 7) is 0.805. The van der Waals surface area contributed by atoms with Gasteiger partial charge in [0.15, 0.2) is 0 Å². The van der Waals surface area contributed by atoms with Crippen molar-refractivity contribution in [2.75, 3.05) is 20.8 Å². The molecule has 1 aromatic heterocycles. The van der Waals surface area contributed by atoms with Crippen LogP contribution in [0.3, 0.4) is 0 Å². The van der Waals surface area contributed by atoms with E-state index in [0.717, 1.165) is 30.9 Å². The average Bonchev–Trinajstić information content (AvgIpc) is 3.01. The number of methoxy groups -OCH3 is 1. The summed E-state index contributed by atoms with van der Waals surface area (Å²) in [5, 5.41) is 5.54. The van der Waals surface area contributed by atoms with Crippen LogP contribution in [-0.4, -0.2) is 20.8 Å². The van der Waals surface area contributed by atoms with Crippen molar-refractivity contribution in [3.63, 3.8) is 0 Å². The predicted octanol–water partition coefficient (Wildman–Crippen LogP) is 3.97. The highest BCUT2D eigenvalue weighted by Gasteiger charge is 2.26. The molecule has 0 fully saturated rings. The minimum absolute atomic E-state index is 0.316. The van der Waals surface area contributed by atoms with Gasteiger partial charge in [0.05, 0.1) is 18.6 Å². The van der Waals surface area contributed by atoms with Crippen molar-refractivity contribution in [3.8, 4) is 11.5 Å². The quantitative estimate of drug-likeness (QED) is 0.906. The van der Waals surface area contributed by atoms with E-state index in [1.807, 2.05) is 19.2 Å². The monoisotopic (exact) mass is 303 g/mol. The van der Waals surface area contributed by atoms with Crippen LogP contribution >= 0.6 is 11.3 Å².